The number of carbonyl (C=O) groups is 1. The molecule has 0 aliphatic carbocycles. The summed E-state index contributed by atoms with van der Waals surface area (Å²) in [5, 5.41) is 6.67. The van der Waals surface area contributed by atoms with Crippen molar-refractivity contribution in [1.29, 1.82) is 0 Å². The summed E-state index contributed by atoms with van der Waals surface area (Å²) in [6.45, 7) is 3.49. The van der Waals surface area contributed by atoms with Crippen LogP contribution in [0.5, 0.6) is 5.75 Å². The van der Waals surface area contributed by atoms with E-state index in [9.17, 15) is 4.79 Å². The van der Waals surface area contributed by atoms with Crippen LogP contribution in [0.15, 0.2) is 24.3 Å². The average molecular weight is 329 g/mol. The molecule has 0 saturated carbocycles. The molecule has 5 heteroatoms. The Morgan fingerprint density at radius 1 is 1.25 bits per heavy atom. The molecule has 1 aromatic rings. The summed E-state index contributed by atoms with van der Waals surface area (Å²) in [5.74, 6) is 1.70. The molecule has 24 heavy (non-hydrogen) atoms. The number of urea groups is 1. The lowest BCUT2D eigenvalue weighted by Gasteiger charge is -2.35. The van der Waals surface area contributed by atoms with Crippen molar-refractivity contribution < 1.29 is 9.53 Å². The van der Waals surface area contributed by atoms with Crippen LogP contribution in [0.2, 0.25) is 0 Å². The van der Waals surface area contributed by atoms with Crippen LogP contribution in [0, 0.1) is 5.92 Å². The molecule has 130 valence electrons. The van der Waals surface area contributed by atoms with Gasteiger partial charge in [-0.05, 0) is 49.8 Å². The third kappa shape index (κ3) is 3.36. The molecule has 0 aromatic heterocycles. The first-order valence-electron chi connectivity index (χ1n) is 9.30. The van der Waals surface area contributed by atoms with Crippen molar-refractivity contribution in [3.05, 3.63) is 29.8 Å². The standard InChI is InChI=1S/C19H27N3O2/c23-19(21-13-16-12-15-4-1-2-6-18(15)24-16)22-10-7-14(8-11-22)17-5-3-9-20-17/h1-2,4,6,14,16-17,20H,3,5,7-13H2,(H,21,23). The summed E-state index contributed by atoms with van der Waals surface area (Å²) in [4.78, 5) is 14.4. The molecule has 2 atom stereocenters. The van der Waals surface area contributed by atoms with E-state index >= 15 is 0 Å². The molecule has 5 nitrogen and oxygen atoms in total. The number of hydrogen-bond donors (Lipinski definition) is 2. The lowest BCUT2D eigenvalue weighted by Crippen LogP contribution is -2.48. The van der Waals surface area contributed by atoms with Gasteiger partial charge in [0.05, 0.1) is 6.54 Å². The van der Waals surface area contributed by atoms with Gasteiger partial charge in [-0.2, -0.15) is 0 Å². The van der Waals surface area contributed by atoms with Gasteiger partial charge < -0.3 is 20.3 Å². The highest BCUT2D eigenvalue weighted by molar-refractivity contribution is 5.74. The predicted octanol–water partition coefficient (Wildman–Crippen LogP) is 2.16. The molecule has 4 rings (SSSR count). The number of hydrogen-bond acceptors (Lipinski definition) is 3. The first-order valence-corrected chi connectivity index (χ1v) is 9.30. The number of nitrogens with zero attached hydrogens (tertiary/aromatic N) is 1. The van der Waals surface area contributed by atoms with Crippen LogP contribution in [-0.2, 0) is 6.42 Å². The fraction of sp³-hybridized carbons (Fsp3) is 0.632. The molecular weight excluding hydrogens is 302 g/mol. The molecule has 3 heterocycles. The highest BCUT2D eigenvalue weighted by atomic mass is 16.5. The van der Waals surface area contributed by atoms with E-state index in [2.05, 4.69) is 16.7 Å². The van der Waals surface area contributed by atoms with Crippen LogP contribution >= 0.6 is 0 Å². The van der Waals surface area contributed by atoms with Crippen LogP contribution in [0.3, 0.4) is 0 Å². The molecule has 1 aromatic carbocycles. The van der Waals surface area contributed by atoms with Crippen molar-refractivity contribution in [3.63, 3.8) is 0 Å². The maximum Gasteiger partial charge on any atom is 0.317 e. The summed E-state index contributed by atoms with van der Waals surface area (Å²) < 4.78 is 5.89. The zero-order valence-electron chi connectivity index (χ0n) is 14.2. The molecule has 0 bridgehead atoms. The number of piperidine rings is 1. The number of rotatable bonds is 3. The molecule has 0 spiro atoms. The molecule has 2 fully saturated rings. The Hall–Kier alpha value is -1.75. The van der Waals surface area contributed by atoms with Crippen molar-refractivity contribution in [2.45, 2.75) is 44.2 Å². The summed E-state index contributed by atoms with van der Waals surface area (Å²) >= 11 is 0. The second kappa shape index (κ2) is 7.01. The molecule has 2 unspecified atom stereocenters. The molecular formula is C19H27N3O2. The third-order valence-corrected chi connectivity index (χ3v) is 5.69. The topological polar surface area (TPSA) is 53.6 Å². The van der Waals surface area contributed by atoms with Gasteiger partial charge in [0.2, 0.25) is 0 Å². The third-order valence-electron chi connectivity index (χ3n) is 5.69. The molecule has 2 amide bonds. The van der Waals surface area contributed by atoms with Crippen LogP contribution in [0.1, 0.15) is 31.2 Å². The van der Waals surface area contributed by atoms with Gasteiger partial charge in [0.1, 0.15) is 11.9 Å². The number of amides is 2. The first-order chi connectivity index (χ1) is 11.8. The summed E-state index contributed by atoms with van der Waals surface area (Å²) in [5.41, 5.74) is 1.24. The Balaban J connectivity index is 1.20. The highest BCUT2D eigenvalue weighted by Crippen LogP contribution is 2.28. The second-order valence-electron chi connectivity index (χ2n) is 7.27. The summed E-state index contributed by atoms with van der Waals surface area (Å²) in [7, 11) is 0. The monoisotopic (exact) mass is 329 g/mol. The molecule has 3 aliphatic rings. The number of likely N-dealkylation sites (tertiary alicyclic amines) is 1. The van der Waals surface area contributed by atoms with Gasteiger partial charge in [0, 0.05) is 25.6 Å². The summed E-state index contributed by atoms with van der Waals surface area (Å²) in [6.07, 6.45) is 5.79. The van der Waals surface area contributed by atoms with Crippen LogP contribution < -0.4 is 15.4 Å². The SMILES string of the molecule is O=C(NCC1Cc2ccccc2O1)N1CCC(C2CCCN2)CC1. The van der Waals surface area contributed by atoms with Crippen LogP contribution in [0.4, 0.5) is 4.79 Å². The van der Waals surface area contributed by atoms with E-state index in [-0.39, 0.29) is 12.1 Å². The Kier molecular flexibility index (Phi) is 4.60. The van der Waals surface area contributed by atoms with Crippen molar-refractivity contribution in [2.75, 3.05) is 26.2 Å². The van der Waals surface area contributed by atoms with Gasteiger partial charge in [0.15, 0.2) is 0 Å². The van der Waals surface area contributed by atoms with E-state index < -0.39 is 0 Å². The number of ether oxygens (including phenoxy) is 1. The van der Waals surface area contributed by atoms with Crippen molar-refractivity contribution in [3.8, 4) is 5.75 Å². The van der Waals surface area contributed by atoms with E-state index in [1.54, 1.807) is 0 Å². The minimum absolute atomic E-state index is 0.0616. The maximum absolute atomic E-state index is 12.4. The molecule has 0 radical (unpaired) electrons. The first kappa shape index (κ1) is 15.8. The van der Waals surface area contributed by atoms with Crippen LogP contribution in [0.25, 0.3) is 0 Å². The quantitative estimate of drug-likeness (QED) is 0.893. The number of nitrogens with one attached hydrogen (secondary N) is 2. The van der Waals surface area contributed by atoms with E-state index in [1.165, 1.54) is 18.4 Å². The smallest absolute Gasteiger partial charge is 0.317 e. The highest BCUT2D eigenvalue weighted by Gasteiger charge is 2.30. The number of fused-ring (bicyclic) bond motifs is 1. The fourth-order valence-electron chi connectivity index (χ4n) is 4.30. The Morgan fingerprint density at radius 3 is 2.83 bits per heavy atom. The fourth-order valence-corrected chi connectivity index (χ4v) is 4.30. The van der Waals surface area contributed by atoms with Crippen LogP contribution in [-0.4, -0.2) is 49.3 Å². The number of para-hydroxylation sites is 1. The Labute approximate surface area is 143 Å². The molecule has 2 N–H and O–H groups in total. The largest absolute Gasteiger partial charge is 0.488 e. The van der Waals surface area contributed by atoms with E-state index in [0.717, 1.165) is 50.6 Å². The molecule has 3 aliphatic heterocycles. The van der Waals surface area contributed by atoms with Crippen molar-refractivity contribution in [2.24, 2.45) is 5.92 Å². The minimum atomic E-state index is 0.0616. The van der Waals surface area contributed by atoms with E-state index in [4.69, 9.17) is 4.74 Å². The Morgan fingerprint density at radius 2 is 2.08 bits per heavy atom. The normalized spacial score (nSPS) is 26.9. The average Bonchev–Trinajstić information content (AvgIpc) is 3.29. The maximum atomic E-state index is 12.4. The molecule has 2 saturated heterocycles. The van der Waals surface area contributed by atoms with Gasteiger partial charge >= 0.3 is 6.03 Å². The van der Waals surface area contributed by atoms with Gasteiger partial charge in [-0.1, -0.05) is 18.2 Å². The zero-order chi connectivity index (χ0) is 16.4. The zero-order valence-corrected chi connectivity index (χ0v) is 14.2. The lowest BCUT2D eigenvalue weighted by atomic mass is 9.89. The predicted molar refractivity (Wildman–Crippen MR) is 93.3 cm³/mol. The Bertz CT molecular complexity index is 553. The van der Waals surface area contributed by atoms with Crippen molar-refractivity contribution in [1.82, 2.24) is 15.5 Å². The van der Waals surface area contributed by atoms with Gasteiger partial charge in [0.25, 0.3) is 0 Å². The van der Waals surface area contributed by atoms with Gasteiger partial charge in [-0.25, -0.2) is 4.79 Å². The van der Waals surface area contributed by atoms with Gasteiger partial charge in [-0.3, -0.25) is 0 Å². The lowest BCUT2D eigenvalue weighted by molar-refractivity contribution is 0.154. The number of carbonyl (C=O) groups excluding carboxylic acids is 1. The van der Waals surface area contributed by atoms with E-state index in [0.29, 0.717) is 12.6 Å². The van der Waals surface area contributed by atoms with Gasteiger partial charge in [-0.15, -0.1) is 0 Å². The van der Waals surface area contributed by atoms with Crippen molar-refractivity contribution >= 4 is 6.03 Å². The summed E-state index contributed by atoms with van der Waals surface area (Å²) in [6, 6.07) is 8.86. The minimum Gasteiger partial charge on any atom is -0.488 e. The van der Waals surface area contributed by atoms with E-state index in [1.807, 2.05) is 23.1 Å². The number of benzene rings is 1. The second-order valence-corrected chi connectivity index (χ2v) is 7.27.